The quantitative estimate of drug-likeness (QED) is 0.274. The van der Waals surface area contributed by atoms with Crippen molar-refractivity contribution < 1.29 is 0 Å². The Kier molecular flexibility index (Phi) is 2.31. The van der Waals surface area contributed by atoms with Crippen molar-refractivity contribution in [1.82, 2.24) is 5.43 Å². The van der Waals surface area contributed by atoms with Gasteiger partial charge in [0, 0.05) is 0 Å². The molecule has 0 amide bonds. The van der Waals surface area contributed by atoms with Gasteiger partial charge in [-0.05, 0) is 6.92 Å². The first-order valence-electron chi connectivity index (χ1n) is 1.61. The van der Waals surface area contributed by atoms with E-state index in [1.54, 1.807) is 6.92 Å². The summed E-state index contributed by atoms with van der Waals surface area (Å²) in [4.78, 5) is 9.17. The lowest BCUT2D eigenvalue weighted by atomic mass is 10.7. The lowest BCUT2D eigenvalue weighted by Crippen LogP contribution is -2.29. The van der Waals surface area contributed by atoms with Gasteiger partial charge in [-0.2, -0.15) is 0 Å². The summed E-state index contributed by atoms with van der Waals surface area (Å²) in [6.07, 6.45) is -0.331. The van der Waals surface area contributed by atoms with Gasteiger partial charge in [-0.1, -0.05) is 0 Å². The van der Waals surface area contributed by atoms with Crippen LogP contribution in [0.3, 0.4) is 0 Å². The van der Waals surface area contributed by atoms with E-state index in [2.05, 4.69) is 10.7 Å². The zero-order valence-electron chi connectivity index (χ0n) is 3.51. The molecule has 0 aliphatic rings. The molecule has 6 heavy (non-hydrogen) atoms. The second-order valence-corrected chi connectivity index (χ2v) is 1.01. The molecule has 4 heteroatoms. The number of nitrogens with zero attached hydrogens (tertiary/aromatic N) is 1. The van der Waals surface area contributed by atoms with Crippen molar-refractivity contribution in [3.05, 3.63) is 4.91 Å². The number of hydrogen-bond acceptors (Lipinski definition) is 3. The molecule has 1 unspecified atom stereocenters. The van der Waals surface area contributed by atoms with Crippen molar-refractivity contribution in [3.8, 4) is 0 Å². The van der Waals surface area contributed by atoms with Gasteiger partial charge in [-0.3, -0.25) is 5.43 Å². The number of nitroso groups, excluding NO2 is 1. The van der Waals surface area contributed by atoms with E-state index in [0.717, 1.165) is 0 Å². The lowest BCUT2D eigenvalue weighted by Gasteiger charge is -1.94. The molecular formula is C2H7N3O. The van der Waals surface area contributed by atoms with E-state index in [4.69, 9.17) is 5.73 Å². The highest BCUT2D eigenvalue weighted by atomic mass is 16.3. The molecule has 1 atom stereocenters. The lowest BCUT2D eigenvalue weighted by molar-refractivity contribution is 0.591. The zero-order valence-corrected chi connectivity index (χ0v) is 3.51. The molecule has 0 saturated heterocycles. The van der Waals surface area contributed by atoms with Gasteiger partial charge in [0.25, 0.3) is 0 Å². The fourth-order valence-corrected chi connectivity index (χ4v) is 0.0831. The van der Waals surface area contributed by atoms with Crippen LogP contribution in [0.4, 0.5) is 0 Å². The molecule has 0 aliphatic carbocycles. The predicted molar refractivity (Wildman–Crippen MR) is 22.6 cm³/mol. The van der Waals surface area contributed by atoms with Gasteiger partial charge in [-0.25, -0.2) is 0 Å². The monoisotopic (exact) mass is 89.1 g/mol. The summed E-state index contributed by atoms with van der Waals surface area (Å²) in [5.74, 6) is 0. The average Bonchev–Trinajstić information content (AvgIpc) is 1.35. The van der Waals surface area contributed by atoms with Gasteiger partial charge >= 0.3 is 0 Å². The highest BCUT2D eigenvalue weighted by Crippen LogP contribution is 1.59. The van der Waals surface area contributed by atoms with Crippen molar-refractivity contribution in [2.75, 3.05) is 0 Å². The van der Waals surface area contributed by atoms with Gasteiger partial charge in [0.2, 0.25) is 0 Å². The highest BCUT2D eigenvalue weighted by Gasteiger charge is 1.82. The average molecular weight is 89.1 g/mol. The molecular weight excluding hydrogens is 82.0 g/mol. The Hall–Kier alpha value is -0.640. The number of nitrogens with two attached hydrogens (primary N) is 1. The third-order valence-electron chi connectivity index (χ3n) is 0.256. The third-order valence-corrected chi connectivity index (χ3v) is 0.256. The molecule has 0 heterocycles. The number of nitrogens with one attached hydrogen (secondary N) is 1. The maximum absolute atomic E-state index is 9.17. The first kappa shape index (κ1) is 5.36. The van der Waals surface area contributed by atoms with Crippen molar-refractivity contribution in [3.63, 3.8) is 0 Å². The largest absolute Gasteiger partial charge is 0.310 e. The molecule has 0 fully saturated rings. The van der Waals surface area contributed by atoms with Crippen molar-refractivity contribution >= 4 is 0 Å². The molecule has 4 nitrogen and oxygen atoms in total. The van der Waals surface area contributed by atoms with Crippen LogP contribution in [-0.2, 0) is 0 Å². The molecule has 0 aromatic carbocycles. The molecule has 0 aromatic heterocycles. The highest BCUT2D eigenvalue weighted by molar-refractivity contribution is 4.39. The standard InChI is InChI=1S/C2H7N3O/c1-2(3)4-5-6/h2H,3H2,1H3,(H,4,6). The van der Waals surface area contributed by atoms with E-state index in [9.17, 15) is 4.91 Å². The topological polar surface area (TPSA) is 67.5 Å². The molecule has 3 N–H and O–H groups in total. The van der Waals surface area contributed by atoms with Crippen molar-refractivity contribution in [1.29, 1.82) is 0 Å². The SMILES string of the molecule is CC(N)NN=O. The van der Waals surface area contributed by atoms with E-state index in [0.29, 0.717) is 0 Å². The molecule has 0 aliphatic heterocycles. The second kappa shape index (κ2) is 2.59. The maximum Gasteiger partial charge on any atom is 0.0912 e. The van der Waals surface area contributed by atoms with Crippen LogP contribution in [0.1, 0.15) is 6.92 Å². The first-order valence-corrected chi connectivity index (χ1v) is 1.61. The Bertz CT molecular complexity index is 44.1. The minimum absolute atomic E-state index is 0.331. The number of hydrogen-bond donors (Lipinski definition) is 2. The fraction of sp³-hybridized carbons (Fsp3) is 1.00. The van der Waals surface area contributed by atoms with Gasteiger partial charge < -0.3 is 5.73 Å². The summed E-state index contributed by atoms with van der Waals surface area (Å²) in [6.45, 7) is 1.63. The van der Waals surface area contributed by atoms with Gasteiger partial charge in [0.1, 0.15) is 0 Å². The van der Waals surface area contributed by atoms with Gasteiger partial charge in [-0.15, -0.1) is 4.91 Å². The molecule has 0 bridgehead atoms. The summed E-state index contributed by atoms with van der Waals surface area (Å²) in [5.41, 5.74) is 7.05. The van der Waals surface area contributed by atoms with Crippen LogP contribution in [-0.4, -0.2) is 6.17 Å². The summed E-state index contributed by atoms with van der Waals surface area (Å²) in [6, 6.07) is 0. The van der Waals surface area contributed by atoms with Gasteiger partial charge in [0.15, 0.2) is 0 Å². The van der Waals surface area contributed by atoms with E-state index in [1.807, 2.05) is 0 Å². The Morgan fingerprint density at radius 1 is 2.00 bits per heavy atom. The van der Waals surface area contributed by atoms with Crippen LogP contribution in [0, 0.1) is 4.91 Å². The Morgan fingerprint density at radius 3 is 2.50 bits per heavy atom. The van der Waals surface area contributed by atoms with Crippen LogP contribution in [0.25, 0.3) is 0 Å². The minimum atomic E-state index is -0.331. The molecule has 0 radical (unpaired) electrons. The molecule has 0 saturated carbocycles. The van der Waals surface area contributed by atoms with Crippen LogP contribution in [0.15, 0.2) is 5.29 Å². The van der Waals surface area contributed by atoms with Crippen LogP contribution in [0.5, 0.6) is 0 Å². The number of rotatable bonds is 2. The summed E-state index contributed by atoms with van der Waals surface area (Å²) in [7, 11) is 0. The van der Waals surface area contributed by atoms with Crippen LogP contribution < -0.4 is 11.2 Å². The maximum atomic E-state index is 9.17. The summed E-state index contributed by atoms with van der Waals surface area (Å²) < 4.78 is 0. The first-order chi connectivity index (χ1) is 2.77. The van der Waals surface area contributed by atoms with Gasteiger partial charge in [0.05, 0.1) is 11.5 Å². The molecule has 36 valence electrons. The molecule has 0 spiro atoms. The fourth-order valence-electron chi connectivity index (χ4n) is 0.0831. The van der Waals surface area contributed by atoms with Crippen LogP contribution in [0.2, 0.25) is 0 Å². The van der Waals surface area contributed by atoms with E-state index in [1.165, 1.54) is 0 Å². The summed E-state index contributed by atoms with van der Waals surface area (Å²) in [5, 5.41) is 2.31. The van der Waals surface area contributed by atoms with Crippen LogP contribution >= 0.6 is 0 Å². The van der Waals surface area contributed by atoms with E-state index < -0.39 is 0 Å². The van der Waals surface area contributed by atoms with Crippen molar-refractivity contribution in [2.45, 2.75) is 13.1 Å². The Morgan fingerprint density at radius 2 is 2.50 bits per heavy atom. The zero-order chi connectivity index (χ0) is 4.99. The van der Waals surface area contributed by atoms with E-state index in [-0.39, 0.29) is 6.17 Å². The normalized spacial score (nSPS) is 13.0. The Balaban J connectivity index is 2.81. The third kappa shape index (κ3) is 3.36. The van der Waals surface area contributed by atoms with E-state index >= 15 is 0 Å². The predicted octanol–water partition coefficient (Wildman–Crippen LogP) is -0.438. The molecule has 0 aromatic rings. The molecule has 0 rings (SSSR count). The Labute approximate surface area is 35.7 Å². The smallest absolute Gasteiger partial charge is 0.0912 e. The summed E-state index contributed by atoms with van der Waals surface area (Å²) >= 11 is 0. The van der Waals surface area contributed by atoms with Crippen molar-refractivity contribution in [2.24, 2.45) is 11.0 Å². The second-order valence-electron chi connectivity index (χ2n) is 1.01. The minimum Gasteiger partial charge on any atom is -0.310 e.